The molecule has 1 aromatic heterocycles. The quantitative estimate of drug-likeness (QED) is 0.759. The maximum Gasteiger partial charge on any atom is 0.102 e. The Morgan fingerprint density at radius 3 is 2.71 bits per heavy atom. The zero-order valence-electron chi connectivity index (χ0n) is 10.9. The average molecular weight is 254 g/mol. The van der Waals surface area contributed by atoms with Crippen molar-refractivity contribution in [1.29, 1.82) is 0 Å². The number of aromatic nitrogens is 1. The third kappa shape index (κ3) is 4.66. The van der Waals surface area contributed by atoms with Gasteiger partial charge in [0.05, 0.1) is 6.10 Å². The zero-order valence-corrected chi connectivity index (χ0v) is 11.7. The molecule has 0 saturated heterocycles. The van der Waals surface area contributed by atoms with E-state index in [4.69, 9.17) is 0 Å². The van der Waals surface area contributed by atoms with Crippen molar-refractivity contribution in [3.63, 3.8) is 0 Å². The fourth-order valence-corrected chi connectivity index (χ4v) is 2.74. The zero-order chi connectivity index (χ0) is 12.7. The molecule has 96 valence electrons. The molecule has 4 heteroatoms. The summed E-state index contributed by atoms with van der Waals surface area (Å²) in [5, 5.41) is 10.6. The highest BCUT2D eigenvalue weighted by Gasteiger charge is 2.09. The summed E-state index contributed by atoms with van der Waals surface area (Å²) in [6.07, 6.45) is 1.34. The summed E-state index contributed by atoms with van der Waals surface area (Å²) in [6, 6.07) is 3.81. The molecule has 3 nitrogen and oxygen atoms in total. The van der Waals surface area contributed by atoms with Gasteiger partial charge in [0.1, 0.15) is 5.03 Å². The van der Waals surface area contributed by atoms with Crippen LogP contribution in [0.4, 0.5) is 0 Å². The van der Waals surface area contributed by atoms with Crippen molar-refractivity contribution in [2.45, 2.75) is 31.9 Å². The van der Waals surface area contributed by atoms with Crippen molar-refractivity contribution in [2.75, 3.05) is 25.4 Å². The van der Waals surface area contributed by atoms with E-state index in [1.807, 2.05) is 12.1 Å². The van der Waals surface area contributed by atoms with Gasteiger partial charge in [0.2, 0.25) is 0 Å². The highest BCUT2D eigenvalue weighted by atomic mass is 32.2. The van der Waals surface area contributed by atoms with Crippen LogP contribution in [0.1, 0.15) is 32.4 Å². The second-order valence-electron chi connectivity index (χ2n) is 3.95. The van der Waals surface area contributed by atoms with E-state index in [1.54, 1.807) is 24.9 Å². The van der Waals surface area contributed by atoms with Crippen molar-refractivity contribution in [1.82, 2.24) is 9.88 Å². The Morgan fingerprint density at radius 1 is 1.41 bits per heavy atom. The number of aliphatic hydroxyl groups excluding tert-OH is 1. The summed E-state index contributed by atoms with van der Waals surface area (Å²) in [6.45, 7) is 9.37. The second-order valence-corrected chi connectivity index (χ2v) is 5.03. The molecule has 0 aliphatic heterocycles. The molecule has 1 N–H and O–H groups in total. The van der Waals surface area contributed by atoms with Gasteiger partial charge in [0.25, 0.3) is 0 Å². The summed E-state index contributed by atoms with van der Waals surface area (Å²) in [4.78, 5) is 6.72. The van der Waals surface area contributed by atoms with E-state index in [1.165, 1.54) is 0 Å². The normalized spacial score (nSPS) is 13.0. The highest BCUT2D eigenvalue weighted by Crippen LogP contribution is 2.24. The molecule has 1 rings (SSSR count). The third-order valence-corrected chi connectivity index (χ3v) is 3.79. The van der Waals surface area contributed by atoms with Gasteiger partial charge < -0.3 is 10.0 Å². The Morgan fingerprint density at radius 2 is 2.12 bits per heavy atom. The molecule has 0 aliphatic rings. The summed E-state index contributed by atoms with van der Waals surface area (Å²) < 4.78 is 0. The van der Waals surface area contributed by atoms with Crippen molar-refractivity contribution >= 4 is 11.8 Å². The van der Waals surface area contributed by atoms with Crippen LogP contribution in [0.5, 0.6) is 0 Å². The highest BCUT2D eigenvalue weighted by molar-refractivity contribution is 7.99. The van der Waals surface area contributed by atoms with E-state index in [0.717, 1.165) is 36.0 Å². The Balaban J connectivity index is 2.51. The van der Waals surface area contributed by atoms with Gasteiger partial charge in [-0.1, -0.05) is 19.9 Å². The number of nitrogens with zero attached hydrogens (tertiary/aromatic N) is 2. The number of pyridine rings is 1. The molecular weight excluding hydrogens is 232 g/mol. The lowest BCUT2D eigenvalue weighted by Crippen LogP contribution is -2.25. The van der Waals surface area contributed by atoms with E-state index < -0.39 is 6.10 Å². The Bertz CT molecular complexity index is 327. The van der Waals surface area contributed by atoms with Gasteiger partial charge in [0.15, 0.2) is 0 Å². The van der Waals surface area contributed by atoms with E-state index >= 15 is 0 Å². The Hall–Kier alpha value is -0.580. The van der Waals surface area contributed by atoms with E-state index in [0.29, 0.717) is 0 Å². The minimum absolute atomic E-state index is 0.445. The topological polar surface area (TPSA) is 36.4 Å². The first-order chi connectivity index (χ1) is 8.19. The third-order valence-electron chi connectivity index (χ3n) is 2.79. The first-order valence-corrected chi connectivity index (χ1v) is 7.15. The summed E-state index contributed by atoms with van der Waals surface area (Å²) in [5.41, 5.74) is 0.928. The van der Waals surface area contributed by atoms with Gasteiger partial charge >= 0.3 is 0 Å². The summed E-state index contributed by atoms with van der Waals surface area (Å²) >= 11 is 1.72. The fourth-order valence-electron chi connectivity index (χ4n) is 1.65. The molecule has 0 radical (unpaired) electrons. The smallest absolute Gasteiger partial charge is 0.102 e. The van der Waals surface area contributed by atoms with Crippen LogP contribution in [0.3, 0.4) is 0 Å². The molecule has 0 spiro atoms. The second kappa shape index (κ2) is 7.69. The van der Waals surface area contributed by atoms with Crippen molar-refractivity contribution in [3.8, 4) is 0 Å². The average Bonchev–Trinajstić information content (AvgIpc) is 2.35. The lowest BCUT2D eigenvalue weighted by molar-refractivity contribution is 0.195. The van der Waals surface area contributed by atoms with Gasteiger partial charge in [-0.05, 0) is 26.1 Å². The van der Waals surface area contributed by atoms with Gasteiger partial charge in [-0.3, -0.25) is 0 Å². The Labute approximate surface area is 108 Å². The maximum absolute atomic E-state index is 9.64. The minimum Gasteiger partial charge on any atom is -0.389 e. The van der Waals surface area contributed by atoms with E-state index in [9.17, 15) is 5.11 Å². The summed E-state index contributed by atoms with van der Waals surface area (Å²) in [7, 11) is 0. The largest absolute Gasteiger partial charge is 0.389 e. The standard InChI is InChI=1S/C13H22N2OS/c1-4-15(5-2)9-10-17-13-12(11(3)16)7-6-8-14-13/h6-8,11,16H,4-5,9-10H2,1-3H3/t11-/m1/s1. The molecule has 0 unspecified atom stereocenters. The molecule has 0 amide bonds. The maximum atomic E-state index is 9.64. The van der Waals surface area contributed by atoms with E-state index in [-0.39, 0.29) is 0 Å². The lowest BCUT2D eigenvalue weighted by Gasteiger charge is -2.17. The molecule has 17 heavy (non-hydrogen) atoms. The molecule has 0 aromatic carbocycles. The van der Waals surface area contributed by atoms with Crippen LogP contribution in [0.2, 0.25) is 0 Å². The van der Waals surface area contributed by atoms with Crippen molar-refractivity contribution in [3.05, 3.63) is 23.9 Å². The molecule has 1 heterocycles. The minimum atomic E-state index is -0.445. The Kier molecular flexibility index (Phi) is 6.55. The number of hydrogen-bond donors (Lipinski definition) is 1. The molecule has 0 saturated carbocycles. The van der Waals surface area contributed by atoms with Gasteiger partial charge in [-0.15, -0.1) is 11.8 Å². The molecule has 0 fully saturated rings. The van der Waals surface area contributed by atoms with Crippen LogP contribution in [-0.2, 0) is 0 Å². The van der Waals surface area contributed by atoms with Crippen LogP contribution >= 0.6 is 11.8 Å². The monoisotopic (exact) mass is 254 g/mol. The summed E-state index contributed by atoms with van der Waals surface area (Å²) in [5.74, 6) is 1.01. The molecule has 0 aliphatic carbocycles. The van der Waals surface area contributed by atoms with Crippen LogP contribution in [0, 0.1) is 0 Å². The number of thioether (sulfide) groups is 1. The SMILES string of the molecule is CCN(CC)CCSc1ncccc1[C@@H](C)O. The molecular formula is C13H22N2OS. The van der Waals surface area contributed by atoms with Crippen molar-refractivity contribution in [2.24, 2.45) is 0 Å². The number of hydrogen-bond acceptors (Lipinski definition) is 4. The van der Waals surface area contributed by atoms with Crippen LogP contribution < -0.4 is 0 Å². The van der Waals surface area contributed by atoms with Crippen LogP contribution in [-0.4, -0.2) is 40.4 Å². The predicted molar refractivity (Wildman–Crippen MR) is 73.4 cm³/mol. The van der Waals surface area contributed by atoms with Crippen LogP contribution in [0.15, 0.2) is 23.4 Å². The first kappa shape index (κ1) is 14.5. The van der Waals surface area contributed by atoms with E-state index in [2.05, 4.69) is 23.7 Å². The predicted octanol–water partition coefficient (Wildman–Crippen LogP) is 2.57. The van der Waals surface area contributed by atoms with Gasteiger partial charge in [-0.25, -0.2) is 4.98 Å². The van der Waals surface area contributed by atoms with Crippen LogP contribution in [0.25, 0.3) is 0 Å². The number of rotatable bonds is 7. The van der Waals surface area contributed by atoms with Gasteiger partial charge in [-0.2, -0.15) is 0 Å². The van der Waals surface area contributed by atoms with Crippen molar-refractivity contribution < 1.29 is 5.11 Å². The number of aliphatic hydroxyl groups is 1. The molecule has 0 bridgehead atoms. The fraction of sp³-hybridized carbons (Fsp3) is 0.615. The lowest BCUT2D eigenvalue weighted by atomic mass is 10.2. The van der Waals surface area contributed by atoms with Gasteiger partial charge in [0, 0.05) is 24.1 Å². The molecule has 1 aromatic rings. The molecule has 1 atom stereocenters. The first-order valence-electron chi connectivity index (χ1n) is 6.17.